The monoisotopic (exact) mass is 254 g/mol. The molecule has 0 aromatic heterocycles. The van der Waals surface area contributed by atoms with Gasteiger partial charge >= 0.3 is 0 Å². The number of benzene rings is 1. The standard InChI is InChI=1S/C11H15BrN2/c12-11-5-4-9(13)6-8(11)7-14-10-2-1-3-10/h4-6,10,14H,1-3,7,13H2. The Labute approximate surface area is 93.0 Å². The first-order valence-electron chi connectivity index (χ1n) is 5.03. The minimum absolute atomic E-state index is 0.725. The molecule has 0 bridgehead atoms. The fourth-order valence-electron chi connectivity index (χ4n) is 1.60. The van der Waals surface area contributed by atoms with Crippen molar-refractivity contribution in [1.29, 1.82) is 0 Å². The maximum atomic E-state index is 5.73. The Bertz CT molecular complexity index is 321. The average Bonchev–Trinajstić information content (AvgIpc) is 2.08. The maximum Gasteiger partial charge on any atom is 0.0318 e. The number of nitrogens with two attached hydrogens (primary N) is 1. The molecule has 1 aromatic rings. The van der Waals surface area contributed by atoms with Crippen molar-refractivity contribution in [2.24, 2.45) is 0 Å². The van der Waals surface area contributed by atoms with Crippen LogP contribution in [0.2, 0.25) is 0 Å². The number of nitrogens with one attached hydrogen (secondary N) is 1. The van der Waals surface area contributed by atoms with Gasteiger partial charge in [0, 0.05) is 22.7 Å². The van der Waals surface area contributed by atoms with Crippen LogP contribution in [-0.4, -0.2) is 6.04 Å². The van der Waals surface area contributed by atoms with E-state index in [0.717, 1.165) is 22.7 Å². The highest BCUT2D eigenvalue weighted by Gasteiger charge is 2.16. The van der Waals surface area contributed by atoms with Gasteiger partial charge in [-0.15, -0.1) is 0 Å². The van der Waals surface area contributed by atoms with Crippen LogP contribution in [0.1, 0.15) is 24.8 Å². The van der Waals surface area contributed by atoms with Crippen molar-refractivity contribution in [3.8, 4) is 0 Å². The van der Waals surface area contributed by atoms with Gasteiger partial charge in [-0.3, -0.25) is 0 Å². The van der Waals surface area contributed by atoms with Crippen LogP contribution >= 0.6 is 15.9 Å². The molecule has 0 aliphatic heterocycles. The molecule has 3 N–H and O–H groups in total. The highest BCUT2D eigenvalue weighted by atomic mass is 79.9. The largest absolute Gasteiger partial charge is 0.399 e. The molecular formula is C11H15BrN2. The molecule has 0 heterocycles. The van der Waals surface area contributed by atoms with Gasteiger partial charge in [-0.05, 0) is 36.6 Å². The van der Waals surface area contributed by atoms with E-state index in [1.54, 1.807) is 0 Å². The Morgan fingerprint density at radius 1 is 1.43 bits per heavy atom. The Hall–Kier alpha value is -0.540. The van der Waals surface area contributed by atoms with Gasteiger partial charge in [0.1, 0.15) is 0 Å². The molecule has 0 amide bonds. The summed E-state index contributed by atoms with van der Waals surface area (Å²) >= 11 is 3.52. The third-order valence-electron chi connectivity index (χ3n) is 2.76. The van der Waals surface area contributed by atoms with Gasteiger partial charge < -0.3 is 11.1 Å². The van der Waals surface area contributed by atoms with Crippen molar-refractivity contribution in [3.63, 3.8) is 0 Å². The molecule has 1 aromatic carbocycles. The minimum Gasteiger partial charge on any atom is -0.399 e. The molecule has 0 spiro atoms. The van der Waals surface area contributed by atoms with Crippen LogP contribution in [0, 0.1) is 0 Å². The van der Waals surface area contributed by atoms with Crippen LogP contribution in [0.25, 0.3) is 0 Å². The Kier molecular flexibility index (Phi) is 3.08. The van der Waals surface area contributed by atoms with Crippen LogP contribution in [-0.2, 0) is 6.54 Å². The van der Waals surface area contributed by atoms with Crippen LogP contribution < -0.4 is 11.1 Å². The molecule has 1 aliphatic rings. The lowest BCUT2D eigenvalue weighted by atomic mass is 9.93. The summed E-state index contributed by atoms with van der Waals surface area (Å²) in [4.78, 5) is 0. The molecule has 3 heteroatoms. The third-order valence-corrected chi connectivity index (χ3v) is 3.53. The zero-order valence-corrected chi connectivity index (χ0v) is 9.68. The summed E-state index contributed by atoms with van der Waals surface area (Å²) in [5.41, 5.74) is 7.81. The van der Waals surface area contributed by atoms with Gasteiger partial charge in [0.2, 0.25) is 0 Å². The van der Waals surface area contributed by atoms with Crippen molar-refractivity contribution in [2.45, 2.75) is 31.8 Å². The lowest BCUT2D eigenvalue weighted by Crippen LogP contribution is -2.34. The topological polar surface area (TPSA) is 38.0 Å². The predicted octanol–water partition coefficient (Wildman–Crippen LogP) is 2.67. The van der Waals surface area contributed by atoms with E-state index in [-0.39, 0.29) is 0 Å². The van der Waals surface area contributed by atoms with E-state index in [1.165, 1.54) is 24.8 Å². The zero-order valence-electron chi connectivity index (χ0n) is 8.09. The Balaban J connectivity index is 1.96. The van der Waals surface area contributed by atoms with Gasteiger partial charge in [-0.2, -0.15) is 0 Å². The highest BCUT2D eigenvalue weighted by molar-refractivity contribution is 9.10. The SMILES string of the molecule is Nc1ccc(Br)c(CNC2CCC2)c1. The van der Waals surface area contributed by atoms with Crippen LogP contribution in [0.5, 0.6) is 0 Å². The third kappa shape index (κ3) is 2.28. The first kappa shape index (κ1) is 9.99. The van der Waals surface area contributed by atoms with Crippen molar-refractivity contribution < 1.29 is 0 Å². The number of anilines is 1. The normalized spacial score (nSPS) is 16.6. The first-order valence-corrected chi connectivity index (χ1v) is 5.82. The minimum atomic E-state index is 0.725. The zero-order chi connectivity index (χ0) is 9.97. The van der Waals surface area contributed by atoms with Crippen molar-refractivity contribution >= 4 is 21.6 Å². The molecular weight excluding hydrogens is 240 g/mol. The molecule has 1 fully saturated rings. The van der Waals surface area contributed by atoms with E-state index in [2.05, 4.69) is 21.2 Å². The molecule has 2 rings (SSSR count). The number of halogens is 1. The van der Waals surface area contributed by atoms with E-state index < -0.39 is 0 Å². The number of nitrogen functional groups attached to an aromatic ring is 1. The Morgan fingerprint density at radius 3 is 2.86 bits per heavy atom. The smallest absolute Gasteiger partial charge is 0.0318 e. The quantitative estimate of drug-likeness (QED) is 0.815. The highest BCUT2D eigenvalue weighted by Crippen LogP contribution is 2.22. The van der Waals surface area contributed by atoms with E-state index in [4.69, 9.17) is 5.73 Å². The lowest BCUT2D eigenvalue weighted by Gasteiger charge is -2.26. The van der Waals surface area contributed by atoms with Crippen LogP contribution in [0.3, 0.4) is 0 Å². The molecule has 1 aliphatic carbocycles. The second-order valence-corrected chi connectivity index (χ2v) is 4.71. The molecule has 0 unspecified atom stereocenters. The second kappa shape index (κ2) is 4.32. The average molecular weight is 255 g/mol. The van der Waals surface area contributed by atoms with Gasteiger partial charge in [0.15, 0.2) is 0 Å². The summed E-state index contributed by atoms with van der Waals surface area (Å²) < 4.78 is 1.14. The van der Waals surface area contributed by atoms with Crippen LogP contribution in [0.15, 0.2) is 22.7 Å². The van der Waals surface area contributed by atoms with Crippen molar-refractivity contribution in [2.75, 3.05) is 5.73 Å². The van der Waals surface area contributed by atoms with Crippen molar-refractivity contribution in [1.82, 2.24) is 5.32 Å². The maximum absolute atomic E-state index is 5.73. The Morgan fingerprint density at radius 2 is 2.21 bits per heavy atom. The van der Waals surface area contributed by atoms with Gasteiger partial charge in [-0.25, -0.2) is 0 Å². The number of hydrogen-bond donors (Lipinski definition) is 2. The molecule has 0 saturated heterocycles. The fraction of sp³-hybridized carbons (Fsp3) is 0.455. The van der Waals surface area contributed by atoms with E-state index in [1.807, 2.05) is 18.2 Å². The second-order valence-electron chi connectivity index (χ2n) is 3.86. The summed E-state index contributed by atoms with van der Waals surface area (Å²) in [6, 6.07) is 6.67. The first-order chi connectivity index (χ1) is 6.75. The summed E-state index contributed by atoms with van der Waals surface area (Å²) in [6.07, 6.45) is 4.01. The van der Waals surface area contributed by atoms with E-state index in [9.17, 15) is 0 Å². The van der Waals surface area contributed by atoms with Gasteiger partial charge in [0.25, 0.3) is 0 Å². The van der Waals surface area contributed by atoms with Gasteiger partial charge in [-0.1, -0.05) is 22.4 Å². The van der Waals surface area contributed by atoms with E-state index in [0.29, 0.717) is 0 Å². The van der Waals surface area contributed by atoms with Crippen molar-refractivity contribution in [3.05, 3.63) is 28.2 Å². The molecule has 1 saturated carbocycles. The molecule has 0 atom stereocenters. The molecule has 14 heavy (non-hydrogen) atoms. The number of rotatable bonds is 3. The van der Waals surface area contributed by atoms with Crippen LogP contribution in [0.4, 0.5) is 5.69 Å². The lowest BCUT2D eigenvalue weighted by molar-refractivity contribution is 0.338. The summed E-state index contributed by atoms with van der Waals surface area (Å²) in [5.74, 6) is 0. The summed E-state index contributed by atoms with van der Waals surface area (Å²) in [7, 11) is 0. The molecule has 0 radical (unpaired) electrons. The summed E-state index contributed by atoms with van der Waals surface area (Å²) in [6.45, 7) is 0.913. The predicted molar refractivity (Wildman–Crippen MR) is 63.0 cm³/mol. The fourth-order valence-corrected chi connectivity index (χ4v) is 1.98. The van der Waals surface area contributed by atoms with Gasteiger partial charge in [0.05, 0.1) is 0 Å². The molecule has 76 valence electrons. The summed E-state index contributed by atoms with van der Waals surface area (Å²) in [5, 5.41) is 3.52. The molecule has 2 nitrogen and oxygen atoms in total. The van der Waals surface area contributed by atoms with E-state index >= 15 is 0 Å². The number of hydrogen-bond acceptors (Lipinski definition) is 2.